The molecule has 4 nitrogen and oxygen atoms in total. The Bertz CT molecular complexity index is 520. The molecule has 17 heavy (non-hydrogen) atoms. The van der Waals surface area contributed by atoms with Gasteiger partial charge in [-0.3, -0.25) is 0 Å². The highest BCUT2D eigenvalue weighted by Gasteiger charge is 2.15. The van der Waals surface area contributed by atoms with Gasteiger partial charge in [0.05, 0.1) is 5.39 Å². The molecule has 2 aromatic rings. The Labute approximate surface area is 105 Å². The lowest BCUT2D eigenvalue weighted by Gasteiger charge is -2.21. The second-order valence-corrected chi connectivity index (χ2v) is 5.23. The third kappa shape index (κ3) is 2.12. The molecule has 2 N–H and O–H groups in total. The highest BCUT2D eigenvalue weighted by atomic mass is 32.1. The molecular formula is C12H18N4S. The van der Waals surface area contributed by atoms with Crippen LogP contribution < -0.4 is 10.6 Å². The maximum atomic E-state index is 5.65. The van der Waals surface area contributed by atoms with Crippen molar-refractivity contribution in [3.05, 3.63) is 16.8 Å². The number of hydrogen-bond acceptors (Lipinski definition) is 5. The molecule has 0 unspecified atom stereocenters. The fraction of sp³-hybridized carbons (Fsp3) is 0.500. The van der Waals surface area contributed by atoms with Gasteiger partial charge in [-0.15, -0.1) is 11.3 Å². The monoisotopic (exact) mass is 250 g/mol. The van der Waals surface area contributed by atoms with Gasteiger partial charge in [-0.1, -0.05) is 0 Å². The molecule has 0 saturated carbocycles. The number of likely N-dealkylation sites (N-methyl/N-ethyl adjacent to an activating group) is 1. The van der Waals surface area contributed by atoms with Crippen molar-refractivity contribution >= 4 is 27.4 Å². The van der Waals surface area contributed by atoms with Crippen molar-refractivity contribution in [1.82, 2.24) is 9.97 Å². The van der Waals surface area contributed by atoms with Gasteiger partial charge < -0.3 is 10.6 Å². The molecule has 0 saturated heterocycles. The number of fused-ring (bicyclic) bond motifs is 1. The molecule has 0 spiro atoms. The molecule has 0 aromatic carbocycles. The first-order valence-electron chi connectivity index (χ1n) is 5.84. The van der Waals surface area contributed by atoms with Crippen LogP contribution in [0, 0.1) is 13.8 Å². The number of aryl methyl sites for hydroxylation is 2. The van der Waals surface area contributed by atoms with E-state index >= 15 is 0 Å². The standard InChI is InChI=1S/C12H18N4S/c1-4-16(6-5-13)11-10-8(2)9(3)17-12(10)15-7-14-11/h7H,4-6,13H2,1-3H3. The van der Waals surface area contributed by atoms with Crippen LogP contribution in [-0.4, -0.2) is 29.6 Å². The van der Waals surface area contributed by atoms with E-state index in [1.54, 1.807) is 17.7 Å². The van der Waals surface area contributed by atoms with Crippen LogP contribution in [0.4, 0.5) is 5.82 Å². The number of nitrogens with zero attached hydrogens (tertiary/aromatic N) is 3. The zero-order valence-corrected chi connectivity index (χ0v) is 11.3. The molecule has 0 atom stereocenters. The predicted molar refractivity (Wildman–Crippen MR) is 73.8 cm³/mol. The summed E-state index contributed by atoms with van der Waals surface area (Å²) in [4.78, 5) is 13.4. The molecule has 0 bridgehead atoms. The molecule has 5 heteroatoms. The van der Waals surface area contributed by atoms with Crippen LogP contribution in [-0.2, 0) is 0 Å². The molecule has 0 aliphatic carbocycles. The molecular weight excluding hydrogens is 232 g/mol. The Morgan fingerprint density at radius 2 is 2.12 bits per heavy atom. The summed E-state index contributed by atoms with van der Waals surface area (Å²) in [6, 6.07) is 0. The van der Waals surface area contributed by atoms with E-state index < -0.39 is 0 Å². The maximum absolute atomic E-state index is 5.65. The molecule has 0 aliphatic heterocycles. The van der Waals surface area contributed by atoms with Crippen LogP contribution >= 0.6 is 11.3 Å². The van der Waals surface area contributed by atoms with Crippen molar-refractivity contribution in [3.8, 4) is 0 Å². The topological polar surface area (TPSA) is 55.0 Å². The zero-order chi connectivity index (χ0) is 12.4. The van der Waals surface area contributed by atoms with Gasteiger partial charge >= 0.3 is 0 Å². The Hall–Kier alpha value is -1.20. The highest BCUT2D eigenvalue weighted by Crippen LogP contribution is 2.33. The summed E-state index contributed by atoms with van der Waals surface area (Å²) < 4.78 is 0. The average Bonchev–Trinajstić information content (AvgIpc) is 2.62. The predicted octanol–water partition coefficient (Wildman–Crippen LogP) is 2.09. The fourth-order valence-corrected chi connectivity index (χ4v) is 2.96. The van der Waals surface area contributed by atoms with Crippen LogP contribution in [0.15, 0.2) is 6.33 Å². The number of rotatable bonds is 4. The summed E-state index contributed by atoms with van der Waals surface area (Å²) in [7, 11) is 0. The van der Waals surface area contributed by atoms with E-state index in [0.29, 0.717) is 6.54 Å². The van der Waals surface area contributed by atoms with E-state index in [0.717, 1.165) is 23.7 Å². The van der Waals surface area contributed by atoms with Crippen molar-refractivity contribution < 1.29 is 0 Å². The Kier molecular flexibility index (Phi) is 3.59. The molecule has 2 aromatic heterocycles. The van der Waals surface area contributed by atoms with E-state index in [-0.39, 0.29) is 0 Å². The summed E-state index contributed by atoms with van der Waals surface area (Å²) in [5, 5.41) is 1.19. The van der Waals surface area contributed by atoms with Gasteiger partial charge in [0, 0.05) is 24.5 Å². The third-order valence-corrected chi connectivity index (χ3v) is 4.14. The summed E-state index contributed by atoms with van der Waals surface area (Å²) in [5.74, 6) is 1.02. The van der Waals surface area contributed by atoms with Crippen molar-refractivity contribution in [2.45, 2.75) is 20.8 Å². The largest absolute Gasteiger partial charge is 0.355 e. The lowest BCUT2D eigenvalue weighted by atomic mass is 10.2. The molecule has 0 radical (unpaired) electrons. The van der Waals surface area contributed by atoms with Gasteiger partial charge in [-0.2, -0.15) is 0 Å². The van der Waals surface area contributed by atoms with Gasteiger partial charge in [-0.05, 0) is 26.3 Å². The lowest BCUT2D eigenvalue weighted by molar-refractivity contribution is 0.804. The number of nitrogens with two attached hydrogens (primary N) is 1. The normalized spacial score (nSPS) is 11.1. The van der Waals surface area contributed by atoms with Crippen molar-refractivity contribution in [2.75, 3.05) is 24.5 Å². The number of aromatic nitrogens is 2. The highest BCUT2D eigenvalue weighted by molar-refractivity contribution is 7.18. The summed E-state index contributed by atoms with van der Waals surface area (Å²) >= 11 is 1.73. The first-order valence-corrected chi connectivity index (χ1v) is 6.66. The maximum Gasteiger partial charge on any atom is 0.141 e. The van der Waals surface area contributed by atoms with Gasteiger partial charge in [0.25, 0.3) is 0 Å². The molecule has 0 aliphatic rings. The lowest BCUT2D eigenvalue weighted by Crippen LogP contribution is -2.30. The summed E-state index contributed by atoms with van der Waals surface area (Å²) in [6.07, 6.45) is 1.65. The van der Waals surface area contributed by atoms with Crippen LogP contribution in [0.1, 0.15) is 17.4 Å². The smallest absolute Gasteiger partial charge is 0.141 e. The molecule has 0 amide bonds. The fourth-order valence-electron chi connectivity index (χ4n) is 1.97. The van der Waals surface area contributed by atoms with Gasteiger partial charge in [0.1, 0.15) is 17.0 Å². The van der Waals surface area contributed by atoms with E-state index in [1.165, 1.54) is 15.8 Å². The summed E-state index contributed by atoms with van der Waals surface area (Å²) in [5.41, 5.74) is 6.94. The van der Waals surface area contributed by atoms with Crippen molar-refractivity contribution in [1.29, 1.82) is 0 Å². The second-order valence-electron chi connectivity index (χ2n) is 4.03. The Morgan fingerprint density at radius 3 is 2.76 bits per heavy atom. The van der Waals surface area contributed by atoms with Crippen molar-refractivity contribution in [3.63, 3.8) is 0 Å². The number of hydrogen-bond donors (Lipinski definition) is 1. The SMILES string of the molecule is CCN(CCN)c1ncnc2sc(C)c(C)c12. The Balaban J connectivity index is 2.59. The second kappa shape index (κ2) is 4.98. The van der Waals surface area contributed by atoms with Crippen LogP contribution in [0.5, 0.6) is 0 Å². The molecule has 2 heterocycles. The summed E-state index contributed by atoms with van der Waals surface area (Å²) in [6.45, 7) is 8.77. The first-order chi connectivity index (χ1) is 8.19. The van der Waals surface area contributed by atoms with Crippen LogP contribution in [0.2, 0.25) is 0 Å². The molecule has 0 fully saturated rings. The quantitative estimate of drug-likeness (QED) is 0.902. The van der Waals surface area contributed by atoms with E-state index in [2.05, 4.69) is 35.6 Å². The zero-order valence-electron chi connectivity index (χ0n) is 10.5. The van der Waals surface area contributed by atoms with Gasteiger partial charge in [0.15, 0.2) is 0 Å². The van der Waals surface area contributed by atoms with E-state index in [1.807, 2.05) is 0 Å². The van der Waals surface area contributed by atoms with E-state index in [4.69, 9.17) is 5.73 Å². The minimum atomic E-state index is 0.640. The number of thiophene rings is 1. The Morgan fingerprint density at radius 1 is 1.35 bits per heavy atom. The average molecular weight is 250 g/mol. The number of anilines is 1. The van der Waals surface area contributed by atoms with Crippen molar-refractivity contribution in [2.24, 2.45) is 5.73 Å². The van der Waals surface area contributed by atoms with Gasteiger partial charge in [0.2, 0.25) is 0 Å². The minimum Gasteiger partial charge on any atom is -0.355 e. The molecule has 92 valence electrons. The van der Waals surface area contributed by atoms with E-state index in [9.17, 15) is 0 Å². The van der Waals surface area contributed by atoms with Crippen LogP contribution in [0.3, 0.4) is 0 Å². The van der Waals surface area contributed by atoms with Crippen LogP contribution in [0.25, 0.3) is 10.2 Å². The molecule has 2 rings (SSSR count). The third-order valence-electron chi connectivity index (χ3n) is 3.03. The minimum absolute atomic E-state index is 0.640. The van der Waals surface area contributed by atoms with Gasteiger partial charge in [-0.25, -0.2) is 9.97 Å². The first kappa shape index (κ1) is 12.3.